The van der Waals surface area contributed by atoms with Crippen LogP contribution >= 0.6 is 0 Å². The van der Waals surface area contributed by atoms with E-state index in [0.29, 0.717) is 41.0 Å². The summed E-state index contributed by atoms with van der Waals surface area (Å²) in [6, 6.07) is 0. The molecule has 0 N–H and O–H groups in total. The van der Waals surface area contributed by atoms with Crippen molar-refractivity contribution in [2.75, 3.05) is 56.9 Å². The Bertz CT molecular complexity index is 333. The predicted molar refractivity (Wildman–Crippen MR) is 113 cm³/mol. The summed E-state index contributed by atoms with van der Waals surface area (Å²) in [5, 5.41) is -4.05. The second-order valence-corrected chi connectivity index (χ2v) is 20.6. The summed E-state index contributed by atoms with van der Waals surface area (Å²) < 4.78 is 47.9. The first kappa shape index (κ1) is 25.8. The van der Waals surface area contributed by atoms with Crippen molar-refractivity contribution >= 4 is 49.0 Å². The minimum absolute atomic E-state index is 0.501. The van der Waals surface area contributed by atoms with Crippen molar-refractivity contribution in [2.45, 2.75) is 20.1 Å². The molecule has 0 aliphatic rings. The lowest BCUT2D eigenvalue weighted by atomic mass is 11.2. The van der Waals surface area contributed by atoms with E-state index in [0.717, 1.165) is 0 Å². The lowest BCUT2D eigenvalue weighted by Gasteiger charge is -2.64. The van der Waals surface area contributed by atoms with Gasteiger partial charge in [0, 0.05) is 56.9 Å². The van der Waals surface area contributed by atoms with E-state index in [1.165, 1.54) is 0 Å². The highest BCUT2D eigenvalue weighted by atomic mass is 28.4. The average molecular weight is 449 g/mol. The fourth-order valence-corrected chi connectivity index (χ4v) is 36.8. The summed E-state index contributed by atoms with van der Waals surface area (Å²) in [6.45, 7) is 0. The molecule has 0 aromatic carbocycles. The molecule has 0 aromatic rings. The smallest absolute Gasteiger partial charge is 0.298 e. The Morgan fingerprint density at radius 1 is 0.400 bits per heavy atom. The second kappa shape index (κ2) is 9.31. The van der Waals surface area contributed by atoms with Gasteiger partial charge in [0.25, 0.3) is 8.07 Å². The highest BCUT2D eigenvalue weighted by Crippen LogP contribution is 2.48. The van der Waals surface area contributed by atoms with Crippen LogP contribution in [-0.4, -0.2) is 126 Å². The molecule has 0 heterocycles. The average Bonchev–Trinajstić information content (AvgIpc) is 2.66. The Labute approximate surface area is 164 Å². The Kier molecular flexibility index (Phi) is 9.59. The van der Waals surface area contributed by atoms with Crippen molar-refractivity contribution in [1.82, 2.24) is 0 Å². The Morgan fingerprint density at radius 2 is 0.520 bits per heavy atom. The molecule has 0 amide bonds. The SMILES string of the molecule is COC([SiH3])(OC)[Si](C([SiH3])(OC)OC)(C([SiH3])(OC)OC)C([SiH3])(OC)OC. The summed E-state index contributed by atoms with van der Waals surface area (Å²) >= 11 is 0. The molecule has 8 nitrogen and oxygen atoms in total. The van der Waals surface area contributed by atoms with Gasteiger partial charge in [0.1, 0.15) is 20.1 Å². The van der Waals surface area contributed by atoms with Crippen LogP contribution in [0, 0.1) is 0 Å². The molecule has 0 aliphatic heterocycles. The first-order valence-corrected chi connectivity index (χ1v) is 13.9. The van der Waals surface area contributed by atoms with Gasteiger partial charge < -0.3 is 37.9 Å². The molecule has 0 rings (SSSR count). The van der Waals surface area contributed by atoms with Crippen LogP contribution in [0.2, 0.25) is 0 Å². The van der Waals surface area contributed by atoms with Gasteiger partial charge in [-0.2, -0.15) is 0 Å². The summed E-state index contributed by atoms with van der Waals surface area (Å²) in [6.07, 6.45) is 0. The van der Waals surface area contributed by atoms with Gasteiger partial charge in [0.15, 0.2) is 0 Å². The van der Waals surface area contributed by atoms with Gasteiger partial charge in [-0.3, -0.25) is 0 Å². The molecule has 152 valence electrons. The maximum Gasteiger partial charge on any atom is 0.298 e. The van der Waals surface area contributed by atoms with Crippen LogP contribution in [0.3, 0.4) is 0 Å². The van der Waals surface area contributed by atoms with Crippen LogP contribution in [0.1, 0.15) is 0 Å². The fraction of sp³-hybridized carbons (Fsp3) is 1.00. The van der Waals surface area contributed by atoms with Gasteiger partial charge in [0.05, 0.1) is 41.0 Å². The topological polar surface area (TPSA) is 73.8 Å². The van der Waals surface area contributed by atoms with Crippen molar-refractivity contribution in [3.05, 3.63) is 0 Å². The van der Waals surface area contributed by atoms with E-state index in [1.807, 2.05) is 0 Å². The highest BCUT2D eigenvalue weighted by molar-refractivity contribution is 7.03. The first-order valence-electron chi connectivity index (χ1n) is 7.90. The summed E-state index contributed by atoms with van der Waals surface area (Å²) in [5.74, 6) is 0. The van der Waals surface area contributed by atoms with Crippen molar-refractivity contribution in [3.8, 4) is 0 Å². The molecule has 0 aliphatic carbocycles. The van der Waals surface area contributed by atoms with E-state index < -0.39 is 28.2 Å². The van der Waals surface area contributed by atoms with E-state index in [1.54, 1.807) is 56.9 Å². The van der Waals surface area contributed by atoms with E-state index in [9.17, 15) is 0 Å². The minimum atomic E-state index is -3.34. The third-order valence-electron chi connectivity index (χ3n) is 5.84. The number of hydrogen-bond donors (Lipinski definition) is 0. The van der Waals surface area contributed by atoms with Crippen LogP contribution in [-0.2, 0) is 37.9 Å². The van der Waals surface area contributed by atoms with Gasteiger partial charge in [-0.15, -0.1) is 0 Å². The molecular formula is C12H36O8Si5. The summed E-state index contributed by atoms with van der Waals surface area (Å²) in [5.41, 5.74) is 0. The molecule has 0 aromatic heterocycles. The van der Waals surface area contributed by atoms with E-state index in [4.69, 9.17) is 37.9 Å². The molecule has 0 atom stereocenters. The number of rotatable bonds is 12. The molecule has 0 bridgehead atoms. The number of methoxy groups -OCH3 is 8. The van der Waals surface area contributed by atoms with Crippen LogP contribution in [0.15, 0.2) is 0 Å². The van der Waals surface area contributed by atoms with Gasteiger partial charge >= 0.3 is 0 Å². The van der Waals surface area contributed by atoms with Crippen LogP contribution in [0.5, 0.6) is 0 Å². The van der Waals surface area contributed by atoms with Crippen LogP contribution < -0.4 is 0 Å². The quantitative estimate of drug-likeness (QED) is 0.217. The monoisotopic (exact) mass is 448 g/mol. The molecule has 0 saturated carbocycles. The molecule has 0 radical (unpaired) electrons. The third-order valence-corrected chi connectivity index (χ3v) is 25.2. The molecular weight excluding hydrogens is 413 g/mol. The maximum absolute atomic E-state index is 5.99. The molecule has 25 heavy (non-hydrogen) atoms. The van der Waals surface area contributed by atoms with Crippen molar-refractivity contribution in [2.24, 2.45) is 0 Å². The Morgan fingerprint density at radius 3 is 0.600 bits per heavy atom. The third kappa shape index (κ3) is 3.48. The molecule has 0 unspecified atom stereocenters. The molecule has 0 fully saturated rings. The standard InChI is InChI=1S/C12H36O8Si5/c1-13-9(21,14-2)25(10(22,15-3)16-4,11(23,17-5)18-6)12(24,19-7)20-8/h1-8,21-24H3. The van der Waals surface area contributed by atoms with Gasteiger partial charge in [-0.05, 0) is 0 Å². The maximum atomic E-state index is 5.99. The zero-order valence-electron chi connectivity index (χ0n) is 17.8. The largest absolute Gasteiger partial charge is 0.361 e. The van der Waals surface area contributed by atoms with Gasteiger partial charge in [-0.1, -0.05) is 0 Å². The van der Waals surface area contributed by atoms with Gasteiger partial charge in [0.2, 0.25) is 0 Å². The number of ether oxygens (including phenoxy) is 8. The Balaban J connectivity index is 7.47. The first-order chi connectivity index (χ1) is 11.5. The zero-order valence-corrected chi connectivity index (χ0v) is 26.8. The van der Waals surface area contributed by atoms with Gasteiger partial charge in [-0.25, -0.2) is 0 Å². The van der Waals surface area contributed by atoms with Crippen LogP contribution in [0.4, 0.5) is 0 Å². The molecule has 0 saturated heterocycles. The Hall–Kier alpha value is 0.764. The minimum Gasteiger partial charge on any atom is -0.361 e. The lowest BCUT2D eigenvalue weighted by molar-refractivity contribution is -0.204. The fourth-order valence-electron chi connectivity index (χ4n) is 4.03. The summed E-state index contributed by atoms with van der Waals surface area (Å²) in [4.78, 5) is 0. The van der Waals surface area contributed by atoms with Crippen molar-refractivity contribution in [3.63, 3.8) is 0 Å². The predicted octanol–water partition coefficient (Wildman–Crippen LogP) is -5.16. The lowest BCUT2D eigenvalue weighted by Crippen LogP contribution is -2.95. The number of hydrogen-bond acceptors (Lipinski definition) is 8. The zero-order chi connectivity index (χ0) is 20.2. The molecule has 0 spiro atoms. The van der Waals surface area contributed by atoms with Crippen molar-refractivity contribution in [1.29, 1.82) is 0 Å². The van der Waals surface area contributed by atoms with E-state index in [-0.39, 0.29) is 0 Å². The normalized spacial score (nSPS) is 17.3. The van der Waals surface area contributed by atoms with Crippen LogP contribution in [0.25, 0.3) is 0 Å². The molecule has 13 heteroatoms. The second-order valence-electron chi connectivity index (χ2n) is 6.17. The van der Waals surface area contributed by atoms with E-state index in [2.05, 4.69) is 0 Å². The van der Waals surface area contributed by atoms with Crippen molar-refractivity contribution < 1.29 is 37.9 Å². The van der Waals surface area contributed by atoms with E-state index >= 15 is 0 Å². The highest BCUT2D eigenvalue weighted by Gasteiger charge is 2.82. The summed E-state index contributed by atoms with van der Waals surface area (Å²) in [7, 11) is 11.6.